The van der Waals surface area contributed by atoms with Crippen molar-refractivity contribution in [3.05, 3.63) is 0 Å². The summed E-state index contributed by atoms with van der Waals surface area (Å²) in [6.07, 6.45) is 7.26. The van der Waals surface area contributed by atoms with Crippen LogP contribution in [0.1, 0.15) is 64.7 Å². The van der Waals surface area contributed by atoms with E-state index in [1.807, 2.05) is 0 Å². The highest BCUT2D eigenvalue weighted by molar-refractivity contribution is 5.76. The van der Waals surface area contributed by atoms with Crippen LogP contribution in [0.3, 0.4) is 0 Å². The summed E-state index contributed by atoms with van der Waals surface area (Å²) in [5, 5.41) is 29.5. The van der Waals surface area contributed by atoms with Gasteiger partial charge in [0.15, 0.2) is 0 Å². The number of carboxylic acid groups (broad SMARTS) is 1. The lowest BCUT2D eigenvalue weighted by atomic mass is 10.0. The number of carboxylic acids is 1. The van der Waals surface area contributed by atoms with Crippen molar-refractivity contribution >= 4 is 5.97 Å². The van der Waals surface area contributed by atoms with Crippen LogP contribution in [0.25, 0.3) is 0 Å². The second-order valence-electron chi connectivity index (χ2n) is 5.26. The Kier molecular flexibility index (Phi) is 10.6. The number of hydrogen-bond acceptors (Lipinski definition) is 5. The molecule has 0 aliphatic heterocycles. The molecule has 0 rings (SSSR count). The summed E-state index contributed by atoms with van der Waals surface area (Å²) in [7, 11) is 0. The Balaban J connectivity index is 4.08. The molecule has 20 heavy (non-hydrogen) atoms. The zero-order valence-corrected chi connectivity index (χ0v) is 12.6. The number of nitrogens with zero attached hydrogens (tertiary/aromatic N) is 1. The first-order valence-corrected chi connectivity index (χ1v) is 7.61. The van der Waals surface area contributed by atoms with Gasteiger partial charge in [0.1, 0.15) is 0 Å². The molecule has 0 radical (unpaired) electrons. The molecule has 0 spiro atoms. The van der Waals surface area contributed by atoms with E-state index in [4.69, 9.17) is 10.8 Å². The lowest BCUT2D eigenvalue weighted by molar-refractivity contribution is -0.265. The van der Waals surface area contributed by atoms with Gasteiger partial charge in [-0.15, -0.1) is 0 Å². The van der Waals surface area contributed by atoms with Crippen molar-refractivity contribution in [2.75, 3.05) is 13.1 Å². The number of aliphatic hydroxyl groups is 1. The molecule has 0 fully saturated rings. The fourth-order valence-electron chi connectivity index (χ4n) is 2.09. The molecule has 0 aromatic rings. The summed E-state index contributed by atoms with van der Waals surface area (Å²) in [5.74, 6) is -1.41. The highest BCUT2D eigenvalue weighted by atomic mass is 16.6. The minimum Gasteiger partial charge on any atom is -0.478 e. The zero-order valence-electron chi connectivity index (χ0n) is 12.6. The van der Waals surface area contributed by atoms with Crippen LogP contribution in [0.15, 0.2) is 0 Å². The van der Waals surface area contributed by atoms with Gasteiger partial charge in [-0.1, -0.05) is 39.0 Å². The van der Waals surface area contributed by atoms with Crippen molar-refractivity contribution < 1.29 is 20.2 Å². The van der Waals surface area contributed by atoms with Crippen LogP contribution >= 0.6 is 0 Å². The molecule has 120 valence electrons. The molecule has 6 heteroatoms. The van der Waals surface area contributed by atoms with Gasteiger partial charge in [-0.3, -0.25) is 0 Å². The third kappa shape index (κ3) is 7.19. The van der Waals surface area contributed by atoms with Crippen molar-refractivity contribution in [3.8, 4) is 0 Å². The van der Waals surface area contributed by atoms with Crippen LogP contribution in [-0.4, -0.2) is 45.3 Å². The quantitative estimate of drug-likeness (QED) is 0.234. The fourth-order valence-corrected chi connectivity index (χ4v) is 2.09. The van der Waals surface area contributed by atoms with Gasteiger partial charge in [0.05, 0.1) is 0 Å². The Morgan fingerprint density at radius 2 is 1.70 bits per heavy atom. The third-order valence-corrected chi connectivity index (χ3v) is 3.47. The van der Waals surface area contributed by atoms with Crippen LogP contribution in [0, 0.1) is 0 Å². The van der Waals surface area contributed by atoms with Gasteiger partial charge in [0, 0.05) is 13.0 Å². The molecule has 0 aliphatic carbocycles. The maximum atomic E-state index is 11.1. The lowest BCUT2D eigenvalue weighted by Gasteiger charge is -2.31. The van der Waals surface area contributed by atoms with Crippen molar-refractivity contribution in [2.45, 2.75) is 70.4 Å². The monoisotopic (exact) mass is 290 g/mol. The van der Waals surface area contributed by atoms with Gasteiger partial charge < -0.3 is 21.2 Å². The van der Waals surface area contributed by atoms with Crippen LogP contribution in [0.4, 0.5) is 0 Å². The van der Waals surface area contributed by atoms with Gasteiger partial charge >= 0.3 is 5.97 Å². The Labute approximate surface area is 121 Å². The Hall–Kier alpha value is -0.690. The summed E-state index contributed by atoms with van der Waals surface area (Å²) < 4.78 is 0. The molecule has 0 heterocycles. The van der Waals surface area contributed by atoms with E-state index in [-0.39, 0.29) is 13.0 Å². The summed E-state index contributed by atoms with van der Waals surface area (Å²) in [6, 6.07) is 0. The van der Waals surface area contributed by atoms with Gasteiger partial charge in [-0.2, -0.15) is 5.06 Å². The Morgan fingerprint density at radius 1 is 1.10 bits per heavy atom. The predicted molar refractivity (Wildman–Crippen MR) is 77.4 cm³/mol. The van der Waals surface area contributed by atoms with Crippen LogP contribution < -0.4 is 5.73 Å². The van der Waals surface area contributed by atoms with Gasteiger partial charge in [-0.25, -0.2) is 4.79 Å². The molecule has 5 N–H and O–H groups in total. The van der Waals surface area contributed by atoms with E-state index in [0.717, 1.165) is 19.3 Å². The number of hydroxylamine groups is 2. The number of aliphatic carboxylic acids is 1. The molecule has 0 bridgehead atoms. The molecule has 0 aliphatic rings. The smallest absolute Gasteiger partial charge is 0.353 e. The normalized spacial score (nSPS) is 14.4. The van der Waals surface area contributed by atoms with E-state index < -0.39 is 11.7 Å². The molecule has 6 nitrogen and oxygen atoms in total. The molecule has 0 unspecified atom stereocenters. The molecule has 0 aromatic heterocycles. The first kappa shape index (κ1) is 19.3. The fraction of sp³-hybridized carbons (Fsp3) is 0.929. The number of unbranched alkanes of at least 4 members (excludes halogenated alkanes) is 6. The summed E-state index contributed by atoms with van der Waals surface area (Å²) in [6.45, 7) is 2.75. The average molecular weight is 290 g/mol. The summed E-state index contributed by atoms with van der Waals surface area (Å²) in [4.78, 5) is 11.1. The average Bonchev–Trinajstić information content (AvgIpc) is 2.42. The minimum atomic E-state index is -2.20. The number of rotatable bonds is 13. The van der Waals surface area contributed by atoms with Gasteiger partial charge in [-0.05, 0) is 25.8 Å². The molecule has 0 saturated carbocycles. The van der Waals surface area contributed by atoms with E-state index in [9.17, 15) is 15.1 Å². The molecule has 0 amide bonds. The van der Waals surface area contributed by atoms with E-state index >= 15 is 0 Å². The van der Waals surface area contributed by atoms with E-state index in [1.54, 1.807) is 0 Å². The third-order valence-electron chi connectivity index (χ3n) is 3.47. The highest BCUT2D eigenvalue weighted by Gasteiger charge is 2.41. The highest BCUT2D eigenvalue weighted by Crippen LogP contribution is 2.19. The van der Waals surface area contributed by atoms with E-state index in [1.165, 1.54) is 12.8 Å². The second-order valence-corrected chi connectivity index (χ2v) is 5.26. The summed E-state index contributed by atoms with van der Waals surface area (Å²) in [5.41, 5.74) is 3.15. The molecule has 0 aromatic carbocycles. The SMILES string of the molecule is CCCCCCCCN(O)[C@@](O)(CCCCN)C(=O)O. The van der Waals surface area contributed by atoms with E-state index in [0.29, 0.717) is 30.9 Å². The largest absolute Gasteiger partial charge is 0.478 e. The standard InChI is InChI=1S/C14H30N2O4/c1-2-3-4-5-6-9-12-16(20)14(19,13(17)18)10-7-8-11-15/h19-20H,2-12,15H2,1H3,(H,17,18)/t14-/m1/s1. The summed E-state index contributed by atoms with van der Waals surface area (Å²) >= 11 is 0. The Bertz CT molecular complexity index is 264. The molecular weight excluding hydrogens is 260 g/mol. The maximum absolute atomic E-state index is 11.1. The lowest BCUT2D eigenvalue weighted by Crippen LogP contribution is -2.53. The zero-order chi connectivity index (χ0) is 15.4. The Morgan fingerprint density at radius 3 is 2.25 bits per heavy atom. The number of nitrogens with two attached hydrogens (primary N) is 1. The topological polar surface area (TPSA) is 107 Å². The van der Waals surface area contributed by atoms with Crippen molar-refractivity contribution in [1.29, 1.82) is 0 Å². The molecular formula is C14H30N2O4. The van der Waals surface area contributed by atoms with Gasteiger partial charge in [0.2, 0.25) is 5.72 Å². The second kappa shape index (κ2) is 11.0. The first-order valence-electron chi connectivity index (χ1n) is 7.61. The molecule has 0 saturated heterocycles. The first-order chi connectivity index (χ1) is 9.49. The minimum absolute atomic E-state index is 0.0220. The van der Waals surface area contributed by atoms with Crippen molar-refractivity contribution in [2.24, 2.45) is 5.73 Å². The predicted octanol–water partition coefficient (Wildman–Crippen LogP) is 1.94. The van der Waals surface area contributed by atoms with Gasteiger partial charge in [0.25, 0.3) is 0 Å². The molecule has 1 atom stereocenters. The van der Waals surface area contributed by atoms with E-state index in [2.05, 4.69) is 6.92 Å². The maximum Gasteiger partial charge on any atom is 0.353 e. The van der Waals surface area contributed by atoms with Crippen molar-refractivity contribution in [3.63, 3.8) is 0 Å². The number of hydrogen-bond donors (Lipinski definition) is 4. The number of carbonyl (C=O) groups is 1. The van der Waals surface area contributed by atoms with Crippen LogP contribution in [-0.2, 0) is 4.79 Å². The van der Waals surface area contributed by atoms with Crippen LogP contribution in [0.5, 0.6) is 0 Å². The van der Waals surface area contributed by atoms with Crippen LogP contribution in [0.2, 0.25) is 0 Å². The van der Waals surface area contributed by atoms with Crippen molar-refractivity contribution in [1.82, 2.24) is 5.06 Å².